The molecule has 1 aromatic carbocycles. The van der Waals surface area contributed by atoms with Gasteiger partial charge in [0, 0.05) is 12.0 Å². The molecule has 0 heterocycles. The Morgan fingerprint density at radius 1 is 1.33 bits per heavy atom. The van der Waals surface area contributed by atoms with Gasteiger partial charge in [0.15, 0.2) is 0 Å². The Labute approximate surface area is 128 Å². The summed E-state index contributed by atoms with van der Waals surface area (Å²) < 4.78 is 5.77. The van der Waals surface area contributed by atoms with Crippen LogP contribution < -0.4 is 4.74 Å². The maximum Gasteiger partial charge on any atom is 0.124 e. The number of carbonyl (C=O) groups is 1. The monoisotopic (exact) mass is 286 g/mol. The molecule has 0 spiro atoms. The van der Waals surface area contributed by atoms with Crippen molar-refractivity contribution in [1.29, 1.82) is 0 Å². The molecule has 0 saturated heterocycles. The van der Waals surface area contributed by atoms with Gasteiger partial charge in [-0.25, -0.2) is 0 Å². The first-order valence-corrected chi connectivity index (χ1v) is 7.85. The van der Waals surface area contributed by atoms with Crippen molar-refractivity contribution < 1.29 is 9.53 Å². The van der Waals surface area contributed by atoms with Crippen LogP contribution >= 0.6 is 0 Å². The largest absolute Gasteiger partial charge is 0.494 e. The minimum absolute atomic E-state index is 0.110. The maximum atomic E-state index is 11.0. The molecule has 114 valence electrons. The fourth-order valence-corrected chi connectivity index (χ4v) is 3.09. The van der Waals surface area contributed by atoms with Crippen molar-refractivity contribution in [3.8, 4) is 5.75 Å². The molecule has 0 fully saturated rings. The molecule has 0 N–H and O–H groups in total. The van der Waals surface area contributed by atoms with E-state index < -0.39 is 0 Å². The lowest BCUT2D eigenvalue weighted by atomic mass is 9.71. The number of allylic oxidation sites excluding steroid dienone is 2. The van der Waals surface area contributed by atoms with Crippen LogP contribution in [0.2, 0.25) is 0 Å². The predicted octanol–water partition coefficient (Wildman–Crippen LogP) is 4.55. The van der Waals surface area contributed by atoms with Crippen molar-refractivity contribution in [3.63, 3.8) is 0 Å². The normalized spacial score (nSPS) is 16.4. The Morgan fingerprint density at radius 3 is 2.62 bits per heavy atom. The summed E-state index contributed by atoms with van der Waals surface area (Å²) in [5.74, 6) is 1.35. The lowest BCUT2D eigenvalue weighted by Crippen LogP contribution is -2.23. The predicted molar refractivity (Wildman–Crippen MR) is 87.8 cm³/mol. The SMILES string of the molecule is CCOc1cc2c(cc1CC=O)C(C(C)C)=CCC2(C)C. The van der Waals surface area contributed by atoms with Crippen LogP contribution in [-0.2, 0) is 16.6 Å². The number of rotatable bonds is 5. The lowest BCUT2D eigenvalue weighted by Gasteiger charge is -2.34. The molecule has 2 nitrogen and oxygen atoms in total. The third-order valence-electron chi connectivity index (χ3n) is 4.30. The smallest absolute Gasteiger partial charge is 0.124 e. The molecule has 1 aliphatic carbocycles. The average Bonchev–Trinajstić information content (AvgIpc) is 2.40. The fourth-order valence-electron chi connectivity index (χ4n) is 3.09. The van der Waals surface area contributed by atoms with E-state index in [1.54, 1.807) is 0 Å². The van der Waals surface area contributed by atoms with Crippen LogP contribution in [-0.4, -0.2) is 12.9 Å². The second kappa shape index (κ2) is 6.05. The molecule has 0 unspecified atom stereocenters. The van der Waals surface area contributed by atoms with Crippen LogP contribution in [0, 0.1) is 5.92 Å². The lowest BCUT2D eigenvalue weighted by molar-refractivity contribution is -0.107. The molecule has 1 aliphatic rings. The van der Waals surface area contributed by atoms with Crippen LogP contribution in [0.3, 0.4) is 0 Å². The molecule has 2 rings (SSSR count). The second-order valence-electron chi connectivity index (χ2n) is 6.71. The highest BCUT2D eigenvalue weighted by atomic mass is 16.5. The van der Waals surface area contributed by atoms with Gasteiger partial charge in [-0.1, -0.05) is 33.8 Å². The second-order valence-corrected chi connectivity index (χ2v) is 6.71. The summed E-state index contributed by atoms with van der Waals surface area (Å²) in [5.41, 5.74) is 5.13. The van der Waals surface area contributed by atoms with Gasteiger partial charge in [-0.15, -0.1) is 0 Å². The first-order valence-electron chi connectivity index (χ1n) is 7.85. The van der Waals surface area contributed by atoms with Crippen molar-refractivity contribution in [1.82, 2.24) is 0 Å². The molecular formula is C19H26O2. The van der Waals surface area contributed by atoms with Gasteiger partial charge in [0.2, 0.25) is 0 Å². The van der Waals surface area contributed by atoms with Crippen LogP contribution in [0.5, 0.6) is 5.75 Å². The molecule has 0 aromatic heterocycles. The third-order valence-corrected chi connectivity index (χ3v) is 4.30. The van der Waals surface area contributed by atoms with E-state index in [-0.39, 0.29) is 5.41 Å². The summed E-state index contributed by atoms with van der Waals surface area (Å²) in [7, 11) is 0. The number of aldehydes is 1. The molecule has 0 bridgehead atoms. The van der Waals surface area contributed by atoms with E-state index in [9.17, 15) is 4.79 Å². The summed E-state index contributed by atoms with van der Waals surface area (Å²) in [6, 6.07) is 4.33. The van der Waals surface area contributed by atoms with Gasteiger partial charge in [0.25, 0.3) is 0 Å². The quantitative estimate of drug-likeness (QED) is 0.742. The van der Waals surface area contributed by atoms with E-state index in [4.69, 9.17) is 4.74 Å². The number of hydrogen-bond acceptors (Lipinski definition) is 2. The molecular weight excluding hydrogens is 260 g/mol. The van der Waals surface area contributed by atoms with Gasteiger partial charge in [0.1, 0.15) is 12.0 Å². The van der Waals surface area contributed by atoms with E-state index >= 15 is 0 Å². The highest BCUT2D eigenvalue weighted by Crippen LogP contribution is 2.44. The standard InChI is InChI=1S/C19H26O2/c1-6-21-18-12-17-16(11-14(18)8-10-20)15(13(2)3)7-9-19(17,4)5/h7,10-13H,6,8-9H2,1-5H3. The Morgan fingerprint density at radius 2 is 2.05 bits per heavy atom. The maximum absolute atomic E-state index is 11.0. The van der Waals surface area contributed by atoms with Gasteiger partial charge in [0.05, 0.1) is 6.61 Å². The van der Waals surface area contributed by atoms with E-state index in [2.05, 4.69) is 45.9 Å². The summed E-state index contributed by atoms with van der Waals surface area (Å²) >= 11 is 0. The molecule has 2 heteroatoms. The van der Waals surface area contributed by atoms with Crippen LogP contribution in [0.15, 0.2) is 18.2 Å². The topological polar surface area (TPSA) is 26.3 Å². The molecule has 21 heavy (non-hydrogen) atoms. The van der Waals surface area contributed by atoms with Gasteiger partial charge >= 0.3 is 0 Å². The third kappa shape index (κ3) is 3.04. The van der Waals surface area contributed by atoms with E-state index in [0.29, 0.717) is 18.9 Å². The zero-order chi connectivity index (χ0) is 15.6. The van der Waals surface area contributed by atoms with E-state index in [1.807, 2.05) is 6.92 Å². The molecule has 0 amide bonds. The van der Waals surface area contributed by atoms with Crippen molar-refractivity contribution in [2.24, 2.45) is 5.92 Å². The molecule has 1 aromatic rings. The number of carbonyl (C=O) groups excluding carboxylic acids is 1. The van der Waals surface area contributed by atoms with Crippen molar-refractivity contribution >= 4 is 11.9 Å². The molecule has 0 radical (unpaired) electrons. The average molecular weight is 286 g/mol. The first kappa shape index (κ1) is 15.8. The summed E-state index contributed by atoms with van der Waals surface area (Å²) in [5, 5.41) is 0. The van der Waals surface area contributed by atoms with E-state index in [1.165, 1.54) is 16.7 Å². The number of benzene rings is 1. The molecule has 0 aliphatic heterocycles. The van der Waals surface area contributed by atoms with Crippen molar-refractivity contribution in [3.05, 3.63) is 34.9 Å². The summed E-state index contributed by atoms with van der Waals surface area (Å²) in [4.78, 5) is 11.0. The Hall–Kier alpha value is -1.57. The zero-order valence-corrected chi connectivity index (χ0v) is 13.8. The zero-order valence-electron chi connectivity index (χ0n) is 13.8. The van der Waals surface area contributed by atoms with Gasteiger partial charge in [-0.2, -0.15) is 0 Å². The fraction of sp³-hybridized carbons (Fsp3) is 0.526. The van der Waals surface area contributed by atoms with Gasteiger partial charge in [-0.3, -0.25) is 0 Å². The van der Waals surface area contributed by atoms with Crippen LogP contribution in [0.25, 0.3) is 5.57 Å². The highest BCUT2D eigenvalue weighted by Gasteiger charge is 2.30. The number of ether oxygens (including phenoxy) is 1. The minimum Gasteiger partial charge on any atom is -0.494 e. The number of fused-ring (bicyclic) bond motifs is 1. The summed E-state index contributed by atoms with van der Waals surface area (Å²) in [6.07, 6.45) is 4.77. The Kier molecular flexibility index (Phi) is 4.55. The first-order chi connectivity index (χ1) is 9.90. The van der Waals surface area contributed by atoms with Crippen LogP contribution in [0.1, 0.15) is 57.7 Å². The molecule has 0 saturated carbocycles. The Bertz CT molecular complexity index is 565. The highest BCUT2D eigenvalue weighted by molar-refractivity contribution is 5.75. The van der Waals surface area contributed by atoms with Gasteiger partial charge < -0.3 is 9.53 Å². The van der Waals surface area contributed by atoms with Crippen molar-refractivity contribution in [2.45, 2.75) is 52.9 Å². The number of hydrogen-bond donors (Lipinski definition) is 0. The molecule has 0 atom stereocenters. The van der Waals surface area contributed by atoms with Gasteiger partial charge in [-0.05, 0) is 53.5 Å². The van der Waals surface area contributed by atoms with E-state index in [0.717, 1.165) is 24.0 Å². The summed E-state index contributed by atoms with van der Waals surface area (Å²) in [6.45, 7) is 11.6. The van der Waals surface area contributed by atoms with Crippen LogP contribution in [0.4, 0.5) is 0 Å². The Balaban J connectivity index is 2.64. The van der Waals surface area contributed by atoms with Crippen molar-refractivity contribution in [2.75, 3.05) is 6.61 Å². The minimum atomic E-state index is 0.110.